The molecule has 0 amide bonds. The van der Waals surface area contributed by atoms with Gasteiger partial charge >= 0.3 is 0 Å². The summed E-state index contributed by atoms with van der Waals surface area (Å²) in [7, 11) is -3.38. The molecule has 0 bridgehead atoms. The first-order valence-electron chi connectivity index (χ1n) is 8.25. The molecule has 0 unspecified atom stereocenters. The van der Waals surface area contributed by atoms with Gasteiger partial charge in [-0.15, -0.1) is 0 Å². The van der Waals surface area contributed by atoms with Crippen LogP contribution in [0.3, 0.4) is 0 Å². The third-order valence-electron chi connectivity index (χ3n) is 4.74. The summed E-state index contributed by atoms with van der Waals surface area (Å²) < 4.78 is 23.4. The minimum absolute atomic E-state index is 0.0867. The highest BCUT2D eigenvalue weighted by atomic mass is 32.2. The van der Waals surface area contributed by atoms with E-state index in [0.29, 0.717) is 6.54 Å². The minimum Gasteiger partial charge on any atom is -0.358 e. The molecule has 1 aliphatic rings. The first-order chi connectivity index (χ1) is 11.9. The van der Waals surface area contributed by atoms with Gasteiger partial charge in [-0.25, -0.2) is 18.4 Å². The number of sulfone groups is 1. The zero-order valence-electron chi connectivity index (χ0n) is 14.3. The second-order valence-corrected chi connectivity index (χ2v) is 8.54. The van der Waals surface area contributed by atoms with E-state index in [1.165, 1.54) is 16.6 Å². The van der Waals surface area contributed by atoms with E-state index in [1.807, 2.05) is 6.07 Å². The molecule has 6 nitrogen and oxygen atoms in total. The number of benzene rings is 1. The average molecular weight is 356 g/mol. The number of hydrogen-bond donors (Lipinski definition) is 1. The van der Waals surface area contributed by atoms with E-state index in [0.717, 1.165) is 42.5 Å². The number of hydrogen-bond acceptors (Lipinski definition) is 5. The Balaban J connectivity index is 1.63. The zero-order valence-corrected chi connectivity index (χ0v) is 15.1. The maximum absolute atomic E-state index is 11.7. The van der Waals surface area contributed by atoms with Gasteiger partial charge in [0.2, 0.25) is 15.0 Å². The lowest BCUT2D eigenvalue weighted by Crippen LogP contribution is -2.31. The molecule has 2 aromatic heterocycles. The van der Waals surface area contributed by atoms with Crippen molar-refractivity contribution in [2.24, 2.45) is 0 Å². The lowest BCUT2D eigenvalue weighted by molar-refractivity contribution is 0.240. The van der Waals surface area contributed by atoms with Gasteiger partial charge in [0, 0.05) is 48.7 Å². The molecule has 0 spiro atoms. The first kappa shape index (κ1) is 16.2. The van der Waals surface area contributed by atoms with Crippen LogP contribution in [0.5, 0.6) is 0 Å². The Labute approximate surface area is 146 Å². The summed E-state index contributed by atoms with van der Waals surface area (Å²) >= 11 is 0. The van der Waals surface area contributed by atoms with Gasteiger partial charge < -0.3 is 4.98 Å². The molecule has 0 aliphatic carbocycles. The largest absolute Gasteiger partial charge is 0.358 e. The molecule has 130 valence electrons. The second kappa shape index (κ2) is 5.93. The first-order valence-corrected chi connectivity index (χ1v) is 10.1. The summed E-state index contributed by atoms with van der Waals surface area (Å²) in [6, 6.07) is 8.30. The van der Waals surface area contributed by atoms with Gasteiger partial charge in [-0.1, -0.05) is 18.2 Å². The lowest BCUT2D eigenvalue weighted by Gasteiger charge is -2.28. The van der Waals surface area contributed by atoms with Crippen molar-refractivity contribution in [1.29, 1.82) is 0 Å². The number of nitrogens with one attached hydrogen (secondary N) is 1. The van der Waals surface area contributed by atoms with E-state index >= 15 is 0 Å². The average Bonchev–Trinajstić information content (AvgIpc) is 2.89. The summed E-state index contributed by atoms with van der Waals surface area (Å²) in [4.78, 5) is 14.0. The van der Waals surface area contributed by atoms with Crippen LogP contribution in [0, 0.1) is 6.92 Å². The molecule has 3 heterocycles. The van der Waals surface area contributed by atoms with Gasteiger partial charge in [-0.05, 0) is 30.5 Å². The number of nitrogens with zero attached hydrogens (tertiary/aromatic N) is 3. The van der Waals surface area contributed by atoms with Crippen molar-refractivity contribution >= 4 is 20.7 Å². The van der Waals surface area contributed by atoms with Crippen LogP contribution in [-0.4, -0.2) is 41.1 Å². The lowest BCUT2D eigenvalue weighted by atomic mass is 10.1. The molecule has 0 saturated carbocycles. The van der Waals surface area contributed by atoms with Crippen molar-refractivity contribution in [2.75, 3.05) is 12.8 Å². The number of fused-ring (bicyclic) bond motifs is 2. The van der Waals surface area contributed by atoms with Gasteiger partial charge in [0.05, 0.1) is 5.69 Å². The fourth-order valence-corrected chi connectivity index (χ4v) is 3.93. The molecule has 0 fully saturated rings. The topological polar surface area (TPSA) is 79.0 Å². The molecule has 25 heavy (non-hydrogen) atoms. The number of H-pyrrole nitrogens is 1. The molecule has 3 aromatic rings. The van der Waals surface area contributed by atoms with Gasteiger partial charge in [-0.2, -0.15) is 0 Å². The fraction of sp³-hybridized carbons (Fsp3) is 0.333. The Morgan fingerprint density at radius 2 is 2.08 bits per heavy atom. The van der Waals surface area contributed by atoms with Crippen LogP contribution in [0.25, 0.3) is 10.9 Å². The van der Waals surface area contributed by atoms with Gasteiger partial charge in [0.25, 0.3) is 0 Å². The van der Waals surface area contributed by atoms with E-state index in [9.17, 15) is 8.42 Å². The number of aromatic nitrogens is 3. The summed E-state index contributed by atoms with van der Waals surface area (Å²) in [5.74, 6) is 0. The molecular weight excluding hydrogens is 336 g/mol. The smallest absolute Gasteiger partial charge is 0.247 e. The Hall–Kier alpha value is -2.25. The predicted molar refractivity (Wildman–Crippen MR) is 96.0 cm³/mol. The van der Waals surface area contributed by atoms with Gasteiger partial charge in [0.1, 0.15) is 0 Å². The maximum atomic E-state index is 11.7. The molecule has 1 N–H and O–H groups in total. The molecule has 1 aliphatic heterocycles. The highest BCUT2D eigenvalue weighted by Gasteiger charge is 2.22. The zero-order chi connectivity index (χ0) is 17.6. The highest BCUT2D eigenvalue weighted by Crippen LogP contribution is 2.26. The van der Waals surface area contributed by atoms with Crippen LogP contribution in [0.15, 0.2) is 35.6 Å². The molecule has 0 saturated heterocycles. The quantitative estimate of drug-likeness (QED) is 0.728. The maximum Gasteiger partial charge on any atom is 0.247 e. The van der Waals surface area contributed by atoms with Crippen molar-refractivity contribution in [2.45, 2.75) is 31.6 Å². The van der Waals surface area contributed by atoms with Crippen molar-refractivity contribution < 1.29 is 8.42 Å². The van der Waals surface area contributed by atoms with Crippen molar-refractivity contribution in [1.82, 2.24) is 19.9 Å². The number of aryl methyl sites for hydroxylation is 1. The summed E-state index contributed by atoms with van der Waals surface area (Å²) in [5.41, 5.74) is 5.47. The van der Waals surface area contributed by atoms with Crippen LogP contribution >= 0.6 is 0 Å². The third kappa shape index (κ3) is 3.05. The SMILES string of the molecule is Cc1[nH]c2ccccc2c1CN1CCc2cnc(S(C)(=O)=O)nc2C1. The summed E-state index contributed by atoms with van der Waals surface area (Å²) in [6.45, 7) is 4.46. The van der Waals surface area contributed by atoms with Gasteiger partial charge in [0.15, 0.2) is 0 Å². The van der Waals surface area contributed by atoms with Crippen LogP contribution < -0.4 is 0 Å². The molecule has 4 rings (SSSR count). The van der Waals surface area contributed by atoms with Crippen LogP contribution in [0.4, 0.5) is 0 Å². The van der Waals surface area contributed by atoms with Crippen molar-refractivity contribution in [3.05, 3.63) is 53.0 Å². The second-order valence-electron chi connectivity index (χ2n) is 6.63. The molecule has 7 heteroatoms. The van der Waals surface area contributed by atoms with E-state index in [-0.39, 0.29) is 5.16 Å². The molecule has 0 radical (unpaired) electrons. The molecular formula is C18H20N4O2S. The molecule has 0 atom stereocenters. The van der Waals surface area contributed by atoms with E-state index < -0.39 is 9.84 Å². The number of rotatable bonds is 3. The van der Waals surface area contributed by atoms with E-state index in [4.69, 9.17) is 0 Å². The van der Waals surface area contributed by atoms with Crippen molar-refractivity contribution in [3.8, 4) is 0 Å². The summed E-state index contributed by atoms with van der Waals surface area (Å²) in [5, 5.41) is 1.15. The van der Waals surface area contributed by atoms with E-state index in [2.05, 4.69) is 45.0 Å². The summed E-state index contributed by atoms with van der Waals surface area (Å²) in [6.07, 6.45) is 3.64. The highest BCUT2D eigenvalue weighted by molar-refractivity contribution is 7.90. The Kier molecular flexibility index (Phi) is 3.85. The number of aromatic amines is 1. The Bertz CT molecular complexity index is 1060. The minimum atomic E-state index is -3.38. The van der Waals surface area contributed by atoms with Crippen LogP contribution in [0.1, 0.15) is 22.5 Å². The normalized spacial score (nSPS) is 15.4. The Morgan fingerprint density at radius 1 is 1.28 bits per heavy atom. The van der Waals surface area contributed by atoms with Crippen LogP contribution in [0.2, 0.25) is 0 Å². The predicted octanol–water partition coefficient (Wildman–Crippen LogP) is 2.23. The standard InChI is InChI=1S/C18H20N4O2S/c1-12-15(14-5-3-4-6-16(14)20-12)10-22-8-7-13-9-19-18(25(2,23)24)21-17(13)11-22/h3-6,9,20H,7-8,10-11H2,1-2H3. The van der Waals surface area contributed by atoms with E-state index in [1.54, 1.807) is 6.20 Å². The number of para-hydroxylation sites is 1. The Morgan fingerprint density at radius 3 is 2.88 bits per heavy atom. The van der Waals surface area contributed by atoms with Crippen LogP contribution in [-0.2, 0) is 29.3 Å². The van der Waals surface area contributed by atoms with Crippen molar-refractivity contribution in [3.63, 3.8) is 0 Å². The molecule has 1 aromatic carbocycles. The van der Waals surface area contributed by atoms with Gasteiger partial charge in [-0.3, -0.25) is 4.90 Å². The fourth-order valence-electron chi connectivity index (χ4n) is 3.41. The third-order valence-corrected chi connectivity index (χ3v) is 5.60. The monoisotopic (exact) mass is 356 g/mol.